The lowest BCUT2D eigenvalue weighted by molar-refractivity contribution is 0.669. The largest absolute Gasteiger partial charge is 0.456 e. The van der Waals surface area contributed by atoms with E-state index in [2.05, 4.69) is 127 Å². The van der Waals surface area contributed by atoms with Crippen LogP contribution >= 0.6 is 0 Å². The Labute approximate surface area is 304 Å². The van der Waals surface area contributed by atoms with Gasteiger partial charge in [-0.25, -0.2) is 15.0 Å². The van der Waals surface area contributed by atoms with E-state index in [1.165, 1.54) is 32.3 Å². The molecule has 0 amide bonds. The molecule has 0 atom stereocenters. The maximum absolute atomic E-state index is 6.16. The maximum atomic E-state index is 6.16. The summed E-state index contributed by atoms with van der Waals surface area (Å²) in [5.41, 5.74) is 6.64. The predicted molar refractivity (Wildman–Crippen MR) is 219 cm³/mol. The molecule has 0 spiro atoms. The number of benzene rings is 9. The molecule has 2 aromatic heterocycles. The van der Waals surface area contributed by atoms with E-state index in [1.54, 1.807) is 0 Å². The summed E-state index contributed by atoms with van der Waals surface area (Å²) in [6, 6.07) is 61.8. The van der Waals surface area contributed by atoms with E-state index in [4.69, 9.17) is 19.4 Å². The van der Waals surface area contributed by atoms with E-state index < -0.39 is 0 Å². The molecule has 0 aliphatic carbocycles. The monoisotopic (exact) mass is 675 g/mol. The zero-order chi connectivity index (χ0) is 34.9. The zero-order valence-corrected chi connectivity index (χ0v) is 28.5. The second kappa shape index (κ2) is 11.7. The first-order valence-corrected chi connectivity index (χ1v) is 17.8. The highest BCUT2D eigenvalue weighted by atomic mass is 16.3. The minimum Gasteiger partial charge on any atom is -0.456 e. The summed E-state index contributed by atoms with van der Waals surface area (Å²) in [7, 11) is 0. The summed E-state index contributed by atoms with van der Waals surface area (Å²) in [6.45, 7) is 0. The fourth-order valence-corrected chi connectivity index (χ4v) is 7.86. The molecule has 0 bridgehead atoms. The van der Waals surface area contributed by atoms with Gasteiger partial charge in [0.1, 0.15) is 11.2 Å². The van der Waals surface area contributed by atoms with Gasteiger partial charge < -0.3 is 4.42 Å². The first-order chi connectivity index (χ1) is 26.2. The minimum absolute atomic E-state index is 0.608. The Morgan fingerprint density at radius 1 is 0.283 bits per heavy atom. The van der Waals surface area contributed by atoms with Gasteiger partial charge in [0, 0.05) is 27.5 Å². The fourth-order valence-electron chi connectivity index (χ4n) is 7.86. The first kappa shape index (κ1) is 29.5. The molecule has 0 unspecified atom stereocenters. The van der Waals surface area contributed by atoms with Crippen molar-refractivity contribution in [3.8, 4) is 45.3 Å². The van der Waals surface area contributed by atoms with Crippen LogP contribution in [0.4, 0.5) is 0 Å². The average Bonchev–Trinajstić information content (AvgIpc) is 3.61. The summed E-state index contributed by atoms with van der Waals surface area (Å²) in [6.07, 6.45) is 0. The molecule has 0 fully saturated rings. The van der Waals surface area contributed by atoms with Gasteiger partial charge >= 0.3 is 0 Å². The van der Waals surface area contributed by atoms with E-state index in [1.807, 2.05) is 48.5 Å². The quantitative estimate of drug-likeness (QED) is 0.174. The van der Waals surface area contributed by atoms with Crippen LogP contribution in [0.5, 0.6) is 0 Å². The molecule has 4 heteroatoms. The lowest BCUT2D eigenvalue weighted by Crippen LogP contribution is -2.01. The zero-order valence-electron chi connectivity index (χ0n) is 28.5. The van der Waals surface area contributed by atoms with E-state index in [0.717, 1.165) is 60.5 Å². The Balaban J connectivity index is 1.16. The molecule has 9 aromatic carbocycles. The molecular formula is C49H29N3O. The van der Waals surface area contributed by atoms with Gasteiger partial charge in [-0.1, -0.05) is 133 Å². The number of nitrogens with zero attached hydrogens (tertiary/aromatic N) is 3. The van der Waals surface area contributed by atoms with Crippen LogP contribution in [-0.2, 0) is 0 Å². The maximum Gasteiger partial charge on any atom is 0.164 e. The molecule has 246 valence electrons. The summed E-state index contributed by atoms with van der Waals surface area (Å²) in [4.78, 5) is 15.5. The van der Waals surface area contributed by atoms with Gasteiger partial charge in [-0.05, 0) is 96.7 Å². The van der Waals surface area contributed by atoms with Gasteiger partial charge in [-0.2, -0.15) is 0 Å². The molecule has 2 heterocycles. The average molecular weight is 676 g/mol. The number of fused-ring (bicyclic) bond motifs is 9. The molecule has 0 aliphatic rings. The van der Waals surface area contributed by atoms with Crippen LogP contribution < -0.4 is 0 Å². The smallest absolute Gasteiger partial charge is 0.164 e. The molecule has 0 radical (unpaired) electrons. The Morgan fingerprint density at radius 2 is 0.830 bits per heavy atom. The van der Waals surface area contributed by atoms with Gasteiger partial charge in [-0.3, -0.25) is 0 Å². The Hall–Kier alpha value is -7.17. The summed E-state index contributed by atoms with van der Waals surface area (Å²) in [5, 5.41) is 11.8. The van der Waals surface area contributed by atoms with Crippen LogP contribution in [0.1, 0.15) is 0 Å². The highest BCUT2D eigenvalue weighted by molar-refractivity contribution is 6.18. The van der Waals surface area contributed by atoms with Crippen molar-refractivity contribution in [1.82, 2.24) is 15.0 Å². The lowest BCUT2D eigenvalue weighted by Gasteiger charge is -2.15. The third kappa shape index (κ3) is 4.88. The van der Waals surface area contributed by atoms with Crippen molar-refractivity contribution >= 4 is 65.0 Å². The number of rotatable bonds is 4. The molecule has 0 saturated heterocycles. The molecule has 53 heavy (non-hydrogen) atoms. The number of para-hydroxylation sites is 1. The summed E-state index contributed by atoms with van der Waals surface area (Å²) < 4.78 is 6.16. The molecule has 0 saturated carbocycles. The fraction of sp³-hybridized carbons (Fsp3) is 0. The number of hydrogen-bond acceptors (Lipinski definition) is 4. The highest BCUT2D eigenvalue weighted by Crippen LogP contribution is 2.40. The normalized spacial score (nSPS) is 11.8. The van der Waals surface area contributed by atoms with Gasteiger partial charge in [0.2, 0.25) is 0 Å². The van der Waals surface area contributed by atoms with E-state index in [0.29, 0.717) is 17.5 Å². The standard InChI is InChI=1S/C49H29N3O/c1-2-11-32(12-3-1)47-50-48(36-22-25-46-43(29-36)40-16-8-9-17-45(40)53-46)52-49(51-47)44-27-34-14-5-4-13-33(34)26-42(44)35-19-18-31-21-23-38-37-15-7-6-10-30(37)20-24-39(38)41(31)28-35/h1-29H. The Bertz CT molecular complexity index is 3240. The molecule has 0 N–H and O–H groups in total. The topological polar surface area (TPSA) is 51.8 Å². The van der Waals surface area contributed by atoms with Crippen molar-refractivity contribution in [3.63, 3.8) is 0 Å². The van der Waals surface area contributed by atoms with Gasteiger partial charge in [-0.15, -0.1) is 0 Å². The first-order valence-electron chi connectivity index (χ1n) is 17.8. The van der Waals surface area contributed by atoms with Crippen molar-refractivity contribution in [2.24, 2.45) is 0 Å². The van der Waals surface area contributed by atoms with Crippen molar-refractivity contribution in [1.29, 1.82) is 0 Å². The lowest BCUT2D eigenvalue weighted by atomic mass is 9.91. The van der Waals surface area contributed by atoms with Crippen molar-refractivity contribution in [2.75, 3.05) is 0 Å². The molecular weight excluding hydrogens is 647 g/mol. The molecule has 11 rings (SSSR count). The second-order valence-electron chi connectivity index (χ2n) is 13.6. The van der Waals surface area contributed by atoms with Gasteiger partial charge in [0.15, 0.2) is 17.5 Å². The van der Waals surface area contributed by atoms with Crippen LogP contribution in [-0.4, -0.2) is 15.0 Å². The van der Waals surface area contributed by atoms with Crippen molar-refractivity contribution < 1.29 is 4.42 Å². The Kier molecular flexibility index (Phi) is 6.52. The van der Waals surface area contributed by atoms with E-state index in [-0.39, 0.29) is 0 Å². The van der Waals surface area contributed by atoms with E-state index >= 15 is 0 Å². The second-order valence-corrected chi connectivity index (χ2v) is 13.6. The minimum atomic E-state index is 0.608. The number of hydrogen-bond donors (Lipinski definition) is 0. The van der Waals surface area contributed by atoms with Crippen LogP contribution in [0.2, 0.25) is 0 Å². The Morgan fingerprint density at radius 3 is 1.64 bits per heavy atom. The number of aromatic nitrogens is 3. The molecule has 4 nitrogen and oxygen atoms in total. The predicted octanol–water partition coefficient (Wildman–Crippen LogP) is 13.1. The third-order valence-electron chi connectivity index (χ3n) is 10.5. The van der Waals surface area contributed by atoms with Gasteiger partial charge in [0.05, 0.1) is 0 Å². The van der Waals surface area contributed by atoms with Crippen LogP contribution in [0.25, 0.3) is 110 Å². The van der Waals surface area contributed by atoms with Crippen LogP contribution in [0.3, 0.4) is 0 Å². The van der Waals surface area contributed by atoms with E-state index in [9.17, 15) is 0 Å². The summed E-state index contributed by atoms with van der Waals surface area (Å²) in [5.74, 6) is 1.85. The van der Waals surface area contributed by atoms with Crippen LogP contribution in [0, 0.1) is 0 Å². The molecule has 0 aliphatic heterocycles. The highest BCUT2D eigenvalue weighted by Gasteiger charge is 2.19. The van der Waals surface area contributed by atoms with Crippen molar-refractivity contribution in [3.05, 3.63) is 176 Å². The van der Waals surface area contributed by atoms with Crippen molar-refractivity contribution in [2.45, 2.75) is 0 Å². The number of furan rings is 1. The van der Waals surface area contributed by atoms with Crippen LogP contribution in [0.15, 0.2) is 180 Å². The molecule has 11 aromatic rings. The summed E-state index contributed by atoms with van der Waals surface area (Å²) >= 11 is 0. The SMILES string of the molecule is c1ccc(-c2nc(-c3ccc4oc5ccccc5c4c3)nc(-c3cc4ccccc4cc3-c3ccc4ccc5c6ccccc6ccc5c4c3)n2)cc1. The third-order valence-corrected chi connectivity index (χ3v) is 10.5. The van der Waals surface area contributed by atoms with Gasteiger partial charge in [0.25, 0.3) is 0 Å².